The maximum Gasteiger partial charge on any atom is 0.233 e. The van der Waals surface area contributed by atoms with Crippen LogP contribution in [0.25, 0.3) is 0 Å². The van der Waals surface area contributed by atoms with Gasteiger partial charge in [0.05, 0.1) is 5.75 Å². The Balaban J connectivity index is 1.23. The number of aromatic nitrogens is 3. The van der Waals surface area contributed by atoms with Crippen molar-refractivity contribution in [1.29, 1.82) is 0 Å². The van der Waals surface area contributed by atoms with Crippen LogP contribution in [0, 0.1) is 0 Å². The predicted octanol–water partition coefficient (Wildman–Crippen LogP) is 3.74. The molecule has 7 heteroatoms. The molecule has 0 unspecified atom stereocenters. The summed E-state index contributed by atoms with van der Waals surface area (Å²) in [6.45, 7) is 11.9. The van der Waals surface area contributed by atoms with Gasteiger partial charge in [-0.1, -0.05) is 49.9 Å². The van der Waals surface area contributed by atoms with E-state index in [1.165, 1.54) is 35.7 Å². The molecule has 2 fully saturated rings. The van der Waals surface area contributed by atoms with Gasteiger partial charge >= 0.3 is 0 Å². The van der Waals surface area contributed by atoms with Crippen LogP contribution in [0.15, 0.2) is 29.4 Å². The first-order chi connectivity index (χ1) is 14.5. The molecule has 0 radical (unpaired) electrons. The molecule has 2 aliphatic rings. The van der Waals surface area contributed by atoms with Crippen molar-refractivity contribution in [2.24, 2.45) is 0 Å². The molecule has 1 aromatic carbocycles. The van der Waals surface area contributed by atoms with E-state index in [9.17, 15) is 4.79 Å². The summed E-state index contributed by atoms with van der Waals surface area (Å²) >= 11 is 1.53. The molecule has 0 spiro atoms. The first kappa shape index (κ1) is 21.4. The van der Waals surface area contributed by atoms with Gasteiger partial charge in [0, 0.05) is 45.2 Å². The zero-order valence-corrected chi connectivity index (χ0v) is 19.2. The van der Waals surface area contributed by atoms with Crippen LogP contribution in [0.4, 0.5) is 0 Å². The highest BCUT2D eigenvalue weighted by atomic mass is 32.2. The predicted molar refractivity (Wildman–Crippen MR) is 121 cm³/mol. The van der Waals surface area contributed by atoms with E-state index in [0.717, 1.165) is 50.2 Å². The van der Waals surface area contributed by atoms with Crippen LogP contribution in [0.1, 0.15) is 62.4 Å². The summed E-state index contributed by atoms with van der Waals surface area (Å²) in [5.74, 6) is 2.90. The molecule has 2 heterocycles. The van der Waals surface area contributed by atoms with Crippen LogP contribution in [0.5, 0.6) is 0 Å². The van der Waals surface area contributed by atoms with E-state index in [-0.39, 0.29) is 5.91 Å². The fraction of sp³-hybridized carbons (Fsp3) is 0.609. The van der Waals surface area contributed by atoms with Gasteiger partial charge < -0.3 is 9.47 Å². The van der Waals surface area contributed by atoms with E-state index in [0.29, 0.717) is 17.6 Å². The van der Waals surface area contributed by atoms with Crippen LogP contribution < -0.4 is 0 Å². The Labute approximate surface area is 184 Å². The molecule has 1 saturated carbocycles. The lowest BCUT2D eigenvalue weighted by Crippen LogP contribution is -2.48. The lowest BCUT2D eigenvalue weighted by atomic mass is 10.0. The van der Waals surface area contributed by atoms with Crippen molar-refractivity contribution in [1.82, 2.24) is 24.6 Å². The highest BCUT2D eigenvalue weighted by Gasteiger charge is 2.30. The van der Waals surface area contributed by atoms with Crippen molar-refractivity contribution in [2.45, 2.75) is 63.7 Å². The molecule has 1 amide bonds. The zero-order valence-electron chi connectivity index (χ0n) is 18.4. The molecule has 0 atom stereocenters. The molecule has 1 aliphatic carbocycles. The molecule has 0 bridgehead atoms. The number of hydrogen-bond donors (Lipinski definition) is 0. The van der Waals surface area contributed by atoms with Gasteiger partial charge in [-0.25, -0.2) is 0 Å². The normalized spacial score (nSPS) is 17.7. The number of rotatable bonds is 8. The number of hydrogen-bond acceptors (Lipinski definition) is 5. The summed E-state index contributed by atoms with van der Waals surface area (Å²) in [5.41, 5.74) is 2.73. The highest BCUT2D eigenvalue weighted by molar-refractivity contribution is 7.99. The number of benzene rings is 1. The van der Waals surface area contributed by atoms with Gasteiger partial charge in [-0.15, -0.1) is 10.2 Å². The van der Waals surface area contributed by atoms with Crippen molar-refractivity contribution in [3.63, 3.8) is 0 Å². The van der Waals surface area contributed by atoms with Crippen LogP contribution in [-0.4, -0.2) is 62.4 Å². The minimum atomic E-state index is 0.208. The minimum Gasteiger partial charge on any atom is -0.339 e. The largest absolute Gasteiger partial charge is 0.339 e. The maximum absolute atomic E-state index is 12.7. The van der Waals surface area contributed by atoms with Crippen molar-refractivity contribution in [3.8, 4) is 0 Å². The summed E-state index contributed by atoms with van der Waals surface area (Å²) in [5, 5.41) is 9.59. The van der Waals surface area contributed by atoms with Crippen molar-refractivity contribution < 1.29 is 4.79 Å². The lowest BCUT2D eigenvalue weighted by Gasteiger charge is -2.34. The molecular formula is C23H33N5OS. The molecule has 1 aliphatic heterocycles. The molecule has 4 rings (SSSR count). The molecule has 1 aromatic heterocycles. The third kappa shape index (κ3) is 5.06. The number of carbonyl (C=O) groups is 1. The molecule has 1 saturated heterocycles. The Morgan fingerprint density at radius 2 is 1.80 bits per heavy atom. The van der Waals surface area contributed by atoms with Gasteiger partial charge in [-0.3, -0.25) is 9.69 Å². The van der Waals surface area contributed by atoms with Crippen LogP contribution in [0.2, 0.25) is 0 Å². The van der Waals surface area contributed by atoms with Gasteiger partial charge in [0.25, 0.3) is 0 Å². The SMILES string of the molecule is CCn1c(SCC(=O)N2CCN(Cc3ccc(C(C)C)cc3)CC2)nnc1C1CC1. The van der Waals surface area contributed by atoms with Gasteiger partial charge in [-0.2, -0.15) is 0 Å². The Morgan fingerprint density at radius 1 is 1.10 bits per heavy atom. The summed E-state index contributed by atoms with van der Waals surface area (Å²) in [4.78, 5) is 17.2. The van der Waals surface area contributed by atoms with Gasteiger partial charge in [0.1, 0.15) is 5.82 Å². The van der Waals surface area contributed by atoms with Crippen LogP contribution >= 0.6 is 11.8 Å². The first-order valence-electron chi connectivity index (χ1n) is 11.2. The number of thioether (sulfide) groups is 1. The monoisotopic (exact) mass is 427 g/mol. The molecular weight excluding hydrogens is 394 g/mol. The van der Waals surface area contributed by atoms with E-state index < -0.39 is 0 Å². The Hall–Kier alpha value is -1.86. The third-order valence-electron chi connectivity index (χ3n) is 6.11. The third-order valence-corrected chi connectivity index (χ3v) is 7.06. The minimum absolute atomic E-state index is 0.208. The summed E-state index contributed by atoms with van der Waals surface area (Å²) < 4.78 is 2.18. The smallest absolute Gasteiger partial charge is 0.233 e. The zero-order chi connectivity index (χ0) is 21.1. The lowest BCUT2D eigenvalue weighted by molar-refractivity contribution is -0.130. The molecule has 6 nitrogen and oxygen atoms in total. The fourth-order valence-corrected chi connectivity index (χ4v) is 4.90. The summed E-state index contributed by atoms with van der Waals surface area (Å²) in [6.07, 6.45) is 2.43. The fourth-order valence-electron chi connectivity index (χ4n) is 3.99. The van der Waals surface area contributed by atoms with Crippen molar-refractivity contribution in [2.75, 3.05) is 31.9 Å². The van der Waals surface area contributed by atoms with Gasteiger partial charge in [-0.05, 0) is 36.8 Å². The highest BCUT2D eigenvalue weighted by Crippen LogP contribution is 2.40. The topological polar surface area (TPSA) is 54.3 Å². The summed E-state index contributed by atoms with van der Waals surface area (Å²) in [7, 11) is 0. The van der Waals surface area contributed by atoms with Crippen molar-refractivity contribution in [3.05, 3.63) is 41.2 Å². The van der Waals surface area contributed by atoms with E-state index in [4.69, 9.17) is 0 Å². The molecule has 30 heavy (non-hydrogen) atoms. The standard InChI is InChI=1S/C23H33N5OS/c1-4-28-22(20-9-10-20)24-25-23(28)30-16-21(29)27-13-11-26(12-14-27)15-18-5-7-19(8-6-18)17(2)3/h5-8,17,20H,4,9-16H2,1-3H3. The molecule has 0 N–H and O–H groups in total. The second-order valence-corrected chi connectivity index (χ2v) is 9.64. The molecule has 2 aromatic rings. The van der Waals surface area contributed by atoms with E-state index in [2.05, 4.69) is 64.7 Å². The number of piperazine rings is 1. The Kier molecular flexibility index (Phi) is 6.78. The second-order valence-electron chi connectivity index (χ2n) is 8.70. The molecule has 162 valence electrons. The van der Waals surface area contributed by atoms with Crippen LogP contribution in [0.3, 0.4) is 0 Å². The van der Waals surface area contributed by atoms with Crippen molar-refractivity contribution >= 4 is 17.7 Å². The van der Waals surface area contributed by atoms with E-state index in [1.807, 2.05) is 4.90 Å². The van der Waals surface area contributed by atoms with Gasteiger partial charge in [0.2, 0.25) is 5.91 Å². The maximum atomic E-state index is 12.7. The van der Waals surface area contributed by atoms with Crippen LogP contribution in [-0.2, 0) is 17.9 Å². The average molecular weight is 428 g/mol. The van der Waals surface area contributed by atoms with E-state index in [1.54, 1.807) is 0 Å². The first-order valence-corrected chi connectivity index (χ1v) is 12.2. The van der Waals surface area contributed by atoms with Gasteiger partial charge in [0.15, 0.2) is 5.16 Å². The quantitative estimate of drug-likeness (QED) is 0.601. The average Bonchev–Trinajstić information content (AvgIpc) is 3.52. The Bertz CT molecular complexity index is 851. The number of amides is 1. The second kappa shape index (κ2) is 9.52. The number of nitrogens with zero attached hydrogens (tertiary/aromatic N) is 5. The Morgan fingerprint density at radius 3 is 2.40 bits per heavy atom. The van der Waals surface area contributed by atoms with E-state index >= 15 is 0 Å². The number of carbonyl (C=O) groups excluding carboxylic acids is 1. The summed E-state index contributed by atoms with van der Waals surface area (Å²) in [6, 6.07) is 8.95.